The number of thiazole rings is 1. The maximum atomic E-state index is 12.1. The summed E-state index contributed by atoms with van der Waals surface area (Å²) >= 11 is 1.32. The molecule has 1 aromatic heterocycles. The van der Waals surface area contributed by atoms with Gasteiger partial charge >= 0.3 is 6.03 Å². The van der Waals surface area contributed by atoms with Crippen molar-refractivity contribution >= 4 is 28.2 Å². The first-order valence-electron chi connectivity index (χ1n) is 7.22. The molecule has 0 spiro atoms. The minimum Gasteiger partial charge on any atom is -0.307 e. The Morgan fingerprint density at radius 3 is 2.50 bits per heavy atom. The number of anilines is 2. The molecule has 0 aliphatic rings. The Morgan fingerprint density at radius 1 is 1.04 bits per heavy atom. The summed E-state index contributed by atoms with van der Waals surface area (Å²) in [5.41, 5.74) is 1.93. The monoisotopic (exact) mass is 338 g/mol. The highest BCUT2D eigenvalue weighted by atomic mass is 32.1. The van der Waals surface area contributed by atoms with E-state index in [1.54, 1.807) is 35.8 Å². The van der Waals surface area contributed by atoms with Crippen molar-refractivity contribution in [3.05, 3.63) is 82.2 Å². The molecule has 2 N–H and O–H groups in total. The minimum absolute atomic E-state index is 0.421. The third-order valence-corrected chi connectivity index (χ3v) is 4.07. The van der Waals surface area contributed by atoms with Crippen LogP contribution in [0.2, 0.25) is 0 Å². The van der Waals surface area contributed by atoms with Gasteiger partial charge in [0.05, 0.1) is 0 Å². The van der Waals surface area contributed by atoms with Gasteiger partial charge in [0.2, 0.25) is 0 Å². The van der Waals surface area contributed by atoms with Gasteiger partial charge in [-0.15, -0.1) is 16.2 Å². The van der Waals surface area contributed by atoms with E-state index in [1.165, 1.54) is 11.3 Å². The van der Waals surface area contributed by atoms with Crippen LogP contribution in [0.1, 0.15) is 17.2 Å². The maximum absolute atomic E-state index is 12.1. The number of rotatable bonds is 5. The van der Waals surface area contributed by atoms with Crippen LogP contribution in [0, 0.1) is 4.91 Å². The van der Waals surface area contributed by atoms with Gasteiger partial charge in [0.1, 0.15) is 6.04 Å². The van der Waals surface area contributed by atoms with E-state index < -0.39 is 12.1 Å². The molecule has 0 aliphatic carbocycles. The van der Waals surface area contributed by atoms with Crippen LogP contribution in [0.5, 0.6) is 0 Å². The van der Waals surface area contributed by atoms with Crippen LogP contribution in [0.15, 0.2) is 71.4 Å². The summed E-state index contributed by atoms with van der Waals surface area (Å²) < 4.78 is 0. The van der Waals surface area contributed by atoms with Crippen LogP contribution in [-0.2, 0) is 0 Å². The van der Waals surface area contributed by atoms with Crippen molar-refractivity contribution in [1.29, 1.82) is 0 Å². The summed E-state index contributed by atoms with van der Waals surface area (Å²) in [4.78, 5) is 27.5. The molecule has 0 saturated heterocycles. The van der Waals surface area contributed by atoms with E-state index in [-0.39, 0.29) is 0 Å². The highest BCUT2D eigenvalue weighted by Gasteiger charge is 2.19. The largest absolute Gasteiger partial charge is 0.325 e. The summed E-state index contributed by atoms with van der Waals surface area (Å²) in [6.07, 6.45) is 1.61. The van der Waals surface area contributed by atoms with Crippen LogP contribution in [0.3, 0.4) is 0 Å². The molecule has 0 radical (unpaired) electrons. The van der Waals surface area contributed by atoms with Gasteiger partial charge in [-0.3, -0.25) is 5.32 Å². The van der Waals surface area contributed by atoms with Crippen molar-refractivity contribution in [2.24, 2.45) is 5.18 Å². The normalized spacial score (nSPS) is 11.5. The zero-order chi connectivity index (χ0) is 16.8. The van der Waals surface area contributed by atoms with E-state index >= 15 is 0 Å². The minimum atomic E-state index is -0.692. The third-order valence-electron chi connectivity index (χ3n) is 3.38. The molecule has 120 valence electrons. The Bertz CT molecular complexity index is 822. The molecule has 6 nitrogen and oxygen atoms in total. The summed E-state index contributed by atoms with van der Waals surface area (Å²) in [5.74, 6) is 0. The Balaban J connectivity index is 1.84. The molecular weight excluding hydrogens is 324 g/mol. The number of nitrogens with one attached hydrogen (secondary N) is 2. The lowest BCUT2D eigenvalue weighted by molar-refractivity contribution is 0.262. The molecule has 3 aromatic rings. The molecule has 0 aliphatic heterocycles. The number of aromatic nitrogens is 1. The predicted molar refractivity (Wildman–Crippen MR) is 95.3 cm³/mol. The van der Waals surface area contributed by atoms with Crippen molar-refractivity contribution < 1.29 is 4.79 Å². The summed E-state index contributed by atoms with van der Waals surface area (Å²) in [5, 5.41) is 10.9. The molecule has 0 bridgehead atoms. The van der Waals surface area contributed by atoms with Crippen molar-refractivity contribution in [2.75, 3.05) is 10.6 Å². The molecule has 2 aromatic carbocycles. The van der Waals surface area contributed by atoms with Crippen LogP contribution in [-0.4, -0.2) is 11.0 Å². The fraction of sp³-hybridized carbons (Fsp3) is 0.0588. The fourth-order valence-corrected chi connectivity index (χ4v) is 2.84. The predicted octanol–water partition coefficient (Wildman–Crippen LogP) is 4.64. The first-order chi connectivity index (χ1) is 11.8. The van der Waals surface area contributed by atoms with Crippen molar-refractivity contribution in [1.82, 2.24) is 4.98 Å². The quantitative estimate of drug-likeness (QED) is 0.665. The number of carbonyl (C=O) groups excluding carboxylic acids is 1. The summed E-state index contributed by atoms with van der Waals surface area (Å²) in [7, 11) is 0. The Hall–Kier alpha value is -3.06. The topological polar surface area (TPSA) is 83.5 Å². The van der Waals surface area contributed by atoms with E-state index in [1.807, 2.05) is 30.3 Å². The van der Waals surface area contributed by atoms with Gasteiger partial charge in [0, 0.05) is 22.8 Å². The summed E-state index contributed by atoms with van der Waals surface area (Å²) in [6.45, 7) is 0. The number of nitrogens with zero attached hydrogens (tertiary/aromatic N) is 2. The maximum Gasteiger partial charge on any atom is 0.325 e. The molecule has 1 heterocycles. The highest BCUT2D eigenvalue weighted by molar-refractivity contribution is 7.13. The number of carbonyl (C=O) groups is 1. The first-order valence-corrected chi connectivity index (χ1v) is 8.09. The van der Waals surface area contributed by atoms with E-state index in [0.717, 1.165) is 5.56 Å². The Morgan fingerprint density at radius 2 is 1.79 bits per heavy atom. The molecule has 1 unspecified atom stereocenters. The second-order valence-electron chi connectivity index (χ2n) is 4.92. The standard InChI is InChI=1S/C17H14N4O2S/c22-16(20-17-18-10-11-24-17)19-14-9-5-4-8-13(14)15(21-23)12-6-2-1-3-7-12/h1-11,15H,(H2,18,19,20,22). The summed E-state index contributed by atoms with van der Waals surface area (Å²) in [6, 6.07) is 15.2. The lowest BCUT2D eigenvalue weighted by Gasteiger charge is -2.15. The Labute approximate surface area is 142 Å². The SMILES string of the molecule is O=NC(c1ccccc1)c1ccccc1NC(=O)Nc1nccs1. The highest BCUT2D eigenvalue weighted by Crippen LogP contribution is 2.31. The fourth-order valence-electron chi connectivity index (χ4n) is 2.32. The number of hydrogen-bond donors (Lipinski definition) is 2. The second-order valence-corrected chi connectivity index (χ2v) is 5.82. The lowest BCUT2D eigenvalue weighted by Crippen LogP contribution is -2.20. The van der Waals surface area contributed by atoms with E-state index in [9.17, 15) is 9.70 Å². The molecule has 3 rings (SSSR count). The molecule has 0 fully saturated rings. The molecular formula is C17H14N4O2S. The van der Waals surface area contributed by atoms with Gasteiger partial charge in [-0.25, -0.2) is 9.78 Å². The number of hydrogen-bond acceptors (Lipinski definition) is 5. The molecule has 1 atom stereocenters. The number of para-hydroxylation sites is 1. The number of benzene rings is 2. The van der Waals surface area contributed by atoms with Crippen LogP contribution in [0.25, 0.3) is 0 Å². The van der Waals surface area contributed by atoms with Crippen molar-refractivity contribution in [2.45, 2.75) is 6.04 Å². The van der Waals surface area contributed by atoms with Gasteiger partial charge in [-0.2, -0.15) is 0 Å². The van der Waals surface area contributed by atoms with Crippen LogP contribution < -0.4 is 10.6 Å². The van der Waals surface area contributed by atoms with E-state index in [0.29, 0.717) is 16.4 Å². The Kier molecular flexibility index (Phi) is 4.93. The number of urea groups is 1. The number of nitroso groups, excluding NO2 is 1. The average Bonchev–Trinajstić information content (AvgIpc) is 3.11. The van der Waals surface area contributed by atoms with Gasteiger partial charge in [-0.05, 0) is 11.6 Å². The number of amides is 2. The van der Waals surface area contributed by atoms with Crippen LogP contribution in [0.4, 0.5) is 15.6 Å². The molecule has 2 amide bonds. The van der Waals surface area contributed by atoms with Gasteiger partial charge in [0.15, 0.2) is 5.13 Å². The van der Waals surface area contributed by atoms with Crippen molar-refractivity contribution in [3.8, 4) is 0 Å². The van der Waals surface area contributed by atoms with Crippen LogP contribution >= 0.6 is 11.3 Å². The lowest BCUT2D eigenvalue weighted by atomic mass is 9.98. The van der Waals surface area contributed by atoms with Crippen molar-refractivity contribution in [3.63, 3.8) is 0 Å². The van der Waals surface area contributed by atoms with E-state index in [2.05, 4.69) is 20.8 Å². The van der Waals surface area contributed by atoms with Gasteiger partial charge < -0.3 is 5.32 Å². The smallest absolute Gasteiger partial charge is 0.307 e. The zero-order valence-electron chi connectivity index (χ0n) is 12.5. The molecule has 7 heteroatoms. The van der Waals surface area contributed by atoms with Gasteiger partial charge in [0.25, 0.3) is 0 Å². The third kappa shape index (κ3) is 3.64. The zero-order valence-corrected chi connectivity index (χ0v) is 13.4. The van der Waals surface area contributed by atoms with Gasteiger partial charge in [-0.1, -0.05) is 53.7 Å². The van der Waals surface area contributed by atoms with E-state index in [4.69, 9.17) is 0 Å². The molecule has 24 heavy (non-hydrogen) atoms. The molecule has 0 saturated carbocycles. The average molecular weight is 338 g/mol. The first kappa shape index (κ1) is 15.8. The second kappa shape index (κ2) is 7.47.